The molecule has 0 aliphatic carbocycles. The molecule has 0 spiro atoms. The molecule has 5 nitrogen and oxygen atoms in total. The Bertz CT molecular complexity index is 2830. The molecule has 2 aromatic heterocycles. The molecule has 7 aromatic carbocycles. The van der Waals surface area contributed by atoms with Crippen molar-refractivity contribution < 1.29 is 0 Å². The Kier molecular flexibility index (Phi) is 6.56. The molecule has 0 saturated carbocycles. The lowest BCUT2D eigenvalue weighted by molar-refractivity contribution is 1.18. The third-order valence-corrected chi connectivity index (χ3v) is 9.62. The topological polar surface area (TPSA) is 81.2 Å². The summed E-state index contributed by atoms with van der Waals surface area (Å²) in [5.74, 6) is 0. The van der Waals surface area contributed by atoms with Crippen LogP contribution in [0.1, 0.15) is 16.7 Å². The fourth-order valence-corrected chi connectivity index (χ4v) is 7.40. The van der Waals surface area contributed by atoms with E-state index >= 15 is 0 Å². The minimum absolute atomic E-state index is 0.550. The smallest absolute Gasteiger partial charge is 0.0991 e. The number of nitrogens with zero attached hydrogens (tertiary/aromatic N) is 5. The molecule has 0 bridgehead atoms. The maximum absolute atomic E-state index is 10.0. The van der Waals surface area contributed by atoms with E-state index in [4.69, 9.17) is 0 Å². The quantitative estimate of drug-likeness (QED) is 0.193. The van der Waals surface area contributed by atoms with Crippen molar-refractivity contribution in [2.75, 3.05) is 0 Å². The van der Waals surface area contributed by atoms with Crippen LogP contribution in [0.15, 0.2) is 152 Å². The van der Waals surface area contributed by atoms with Gasteiger partial charge in [0.25, 0.3) is 0 Å². The van der Waals surface area contributed by atoms with E-state index in [1.165, 1.54) is 10.8 Å². The van der Waals surface area contributed by atoms with Crippen LogP contribution in [-0.4, -0.2) is 9.13 Å². The summed E-state index contributed by atoms with van der Waals surface area (Å²) in [6.07, 6.45) is 0. The summed E-state index contributed by atoms with van der Waals surface area (Å²) < 4.78 is 4.48. The van der Waals surface area contributed by atoms with E-state index in [0.717, 1.165) is 66.5 Å². The van der Waals surface area contributed by atoms with Gasteiger partial charge in [-0.15, -0.1) is 0 Å². The van der Waals surface area contributed by atoms with Gasteiger partial charge in [-0.05, 0) is 95.6 Å². The first-order chi connectivity index (χ1) is 24.7. The van der Waals surface area contributed by atoms with Crippen molar-refractivity contribution in [3.63, 3.8) is 0 Å². The highest BCUT2D eigenvalue weighted by molar-refractivity contribution is 6.11. The Morgan fingerprint density at radius 2 is 0.840 bits per heavy atom. The second kappa shape index (κ2) is 11.4. The minimum Gasteiger partial charge on any atom is -0.309 e. The summed E-state index contributed by atoms with van der Waals surface area (Å²) in [7, 11) is 0. The van der Waals surface area contributed by atoms with Gasteiger partial charge >= 0.3 is 0 Å². The van der Waals surface area contributed by atoms with Gasteiger partial charge in [0.2, 0.25) is 0 Å². The summed E-state index contributed by atoms with van der Waals surface area (Å²) in [5, 5.41) is 33.7. The molecule has 0 fully saturated rings. The van der Waals surface area contributed by atoms with Crippen molar-refractivity contribution in [1.82, 2.24) is 9.13 Å². The molecule has 0 atom stereocenters. The van der Waals surface area contributed by atoms with Crippen molar-refractivity contribution in [3.8, 4) is 51.8 Å². The first-order valence-corrected chi connectivity index (χ1v) is 16.3. The summed E-state index contributed by atoms with van der Waals surface area (Å²) in [5.41, 5.74) is 11.8. The van der Waals surface area contributed by atoms with Gasteiger partial charge in [-0.2, -0.15) is 15.8 Å². The van der Waals surface area contributed by atoms with Gasteiger partial charge in [0.1, 0.15) is 0 Å². The lowest BCUT2D eigenvalue weighted by Gasteiger charge is -2.18. The largest absolute Gasteiger partial charge is 0.309 e. The van der Waals surface area contributed by atoms with Crippen LogP contribution in [0, 0.1) is 34.0 Å². The Labute approximate surface area is 287 Å². The van der Waals surface area contributed by atoms with Gasteiger partial charge in [-0.1, -0.05) is 72.8 Å². The van der Waals surface area contributed by atoms with E-state index in [2.05, 4.69) is 112 Å². The predicted molar refractivity (Wildman–Crippen MR) is 200 cm³/mol. The van der Waals surface area contributed by atoms with Crippen LogP contribution in [0.3, 0.4) is 0 Å². The molecule has 0 radical (unpaired) electrons. The fraction of sp³-hybridized carbons (Fsp3) is 0. The maximum atomic E-state index is 10.0. The van der Waals surface area contributed by atoms with Crippen LogP contribution in [0.4, 0.5) is 0 Å². The molecule has 0 saturated heterocycles. The van der Waals surface area contributed by atoms with E-state index in [-0.39, 0.29) is 0 Å². The van der Waals surface area contributed by atoms with Crippen LogP contribution in [-0.2, 0) is 0 Å². The molecule has 0 unspecified atom stereocenters. The van der Waals surface area contributed by atoms with Crippen molar-refractivity contribution in [2.24, 2.45) is 0 Å². The Balaban J connectivity index is 1.24. The second-order valence-electron chi connectivity index (χ2n) is 12.3. The monoisotopic (exact) mass is 635 g/mol. The number of para-hydroxylation sites is 2. The third kappa shape index (κ3) is 4.38. The highest BCUT2D eigenvalue weighted by atomic mass is 15.0. The zero-order valence-electron chi connectivity index (χ0n) is 26.7. The van der Waals surface area contributed by atoms with Gasteiger partial charge in [-0.25, -0.2) is 0 Å². The summed E-state index contributed by atoms with van der Waals surface area (Å²) in [4.78, 5) is 0. The van der Waals surface area contributed by atoms with Crippen LogP contribution < -0.4 is 0 Å². The minimum atomic E-state index is 0.550. The van der Waals surface area contributed by atoms with Crippen molar-refractivity contribution in [2.45, 2.75) is 0 Å². The van der Waals surface area contributed by atoms with Crippen LogP contribution in [0.2, 0.25) is 0 Å². The Morgan fingerprint density at radius 1 is 0.360 bits per heavy atom. The lowest BCUT2D eigenvalue weighted by atomic mass is 9.92. The van der Waals surface area contributed by atoms with Crippen LogP contribution in [0.25, 0.3) is 77.2 Å². The lowest BCUT2D eigenvalue weighted by Crippen LogP contribution is -1.99. The molecular formula is C45H25N5. The highest BCUT2D eigenvalue weighted by Gasteiger charge is 2.19. The zero-order valence-corrected chi connectivity index (χ0v) is 26.7. The Morgan fingerprint density at radius 3 is 1.42 bits per heavy atom. The van der Waals surface area contributed by atoms with Gasteiger partial charge in [0.15, 0.2) is 0 Å². The van der Waals surface area contributed by atoms with E-state index in [1.807, 2.05) is 66.7 Å². The number of hydrogen-bond donors (Lipinski definition) is 0. The fourth-order valence-electron chi connectivity index (χ4n) is 7.40. The Hall–Kier alpha value is -7.39. The van der Waals surface area contributed by atoms with Gasteiger partial charge in [-0.3, -0.25) is 0 Å². The molecule has 0 aliphatic heterocycles. The standard InChI is InChI=1S/C45H25N5/c46-26-29-13-20-43(50-44-21-14-30(27-47)24-39(44)40-25-31(28-48)15-22-45(40)50)38(23-29)35-8-2-1-7-34(35)32-16-18-33(19-17-32)49-41-11-5-3-9-36(41)37-10-4-6-12-42(37)49/h1-25H. The van der Waals surface area contributed by atoms with Crippen LogP contribution >= 0.6 is 0 Å². The number of aromatic nitrogens is 2. The molecule has 0 N–H and O–H groups in total. The summed E-state index contributed by atoms with van der Waals surface area (Å²) in [6.45, 7) is 0. The van der Waals surface area contributed by atoms with Crippen LogP contribution in [0.5, 0.6) is 0 Å². The van der Waals surface area contributed by atoms with Crippen molar-refractivity contribution in [3.05, 3.63) is 168 Å². The van der Waals surface area contributed by atoms with Crippen molar-refractivity contribution in [1.29, 1.82) is 15.8 Å². The average Bonchev–Trinajstić information content (AvgIpc) is 3.69. The highest BCUT2D eigenvalue weighted by Crippen LogP contribution is 2.41. The average molecular weight is 636 g/mol. The van der Waals surface area contributed by atoms with E-state index < -0.39 is 0 Å². The molecule has 9 aromatic rings. The zero-order chi connectivity index (χ0) is 33.8. The number of hydrogen-bond acceptors (Lipinski definition) is 3. The van der Waals surface area contributed by atoms with E-state index in [0.29, 0.717) is 16.7 Å². The third-order valence-electron chi connectivity index (χ3n) is 9.62. The molecule has 50 heavy (non-hydrogen) atoms. The summed E-state index contributed by atoms with van der Waals surface area (Å²) in [6, 6.07) is 57.9. The second-order valence-corrected chi connectivity index (χ2v) is 12.3. The van der Waals surface area contributed by atoms with Gasteiger partial charge in [0.05, 0.1) is 62.7 Å². The maximum Gasteiger partial charge on any atom is 0.0991 e. The molecule has 5 heteroatoms. The number of rotatable bonds is 4. The molecule has 230 valence electrons. The first-order valence-electron chi connectivity index (χ1n) is 16.3. The first kappa shape index (κ1) is 28.8. The molecule has 0 amide bonds. The number of benzene rings is 7. The molecule has 0 aliphatic rings. The molecule has 9 rings (SSSR count). The van der Waals surface area contributed by atoms with E-state index in [1.54, 1.807) is 0 Å². The van der Waals surface area contributed by atoms with Gasteiger partial charge < -0.3 is 9.13 Å². The summed E-state index contributed by atoms with van der Waals surface area (Å²) >= 11 is 0. The predicted octanol–water partition coefficient (Wildman–Crippen LogP) is 10.8. The SMILES string of the molecule is N#Cc1ccc(-n2c3ccc(C#N)cc3c3cc(C#N)ccc32)c(-c2ccccc2-c2ccc(-n3c4ccccc4c4ccccc43)cc2)c1. The molecular weight excluding hydrogens is 611 g/mol. The number of nitriles is 3. The molecule has 2 heterocycles. The number of fused-ring (bicyclic) bond motifs is 6. The van der Waals surface area contributed by atoms with E-state index in [9.17, 15) is 15.8 Å². The van der Waals surface area contributed by atoms with Gasteiger partial charge in [0, 0.05) is 32.8 Å². The normalized spacial score (nSPS) is 11.1. The van der Waals surface area contributed by atoms with Crippen molar-refractivity contribution >= 4 is 43.6 Å².